The first-order valence-electron chi connectivity index (χ1n) is 15.9. The Morgan fingerprint density at radius 3 is 2.13 bits per heavy atom. The van der Waals surface area contributed by atoms with E-state index in [1.54, 1.807) is 24.3 Å². The first-order chi connectivity index (χ1) is 24.9. The molecule has 2 amide bonds. The Bertz CT molecular complexity index is 2020. The number of amides is 2. The molecule has 0 fully saturated rings. The third-order valence-electron chi connectivity index (χ3n) is 7.42. The third-order valence-corrected chi connectivity index (χ3v) is 8.12. The molecule has 268 valence electrons. The van der Waals surface area contributed by atoms with Crippen molar-refractivity contribution in [3.8, 4) is 17.1 Å². The first kappa shape index (κ1) is 37.3. The molecule has 0 unspecified atom stereocenters. The molecule has 0 saturated carbocycles. The van der Waals surface area contributed by atoms with E-state index in [4.69, 9.17) is 9.47 Å². The number of carbonyl (C=O) groups excluding carboxylic acids is 3. The zero-order valence-corrected chi connectivity index (χ0v) is 28.8. The molecule has 0 radical (unpaired) electrons. The molecule has 52 heavy (non-hydrogen) atoms. The minimum Gasteiger partial charge on any atom is -0.461 e. The second kappa shape index (κ2) is 17.3. The van der Waals surface area contributed by atoms with Gasteiger partial charge in [-0.3, -0.25) is 14.9 Å². The maximum absolute atomic E-state index is 13.0. The van der Waals surface area contributed by atoms with E-state index < -0.39 is 29.7 Å². The predicted octanol–water partition coefficient (Wildman–Crippen LogP) is 8.14. The van der Waals surface area contributed by atoms with Crippen LogP contribution in [-0.2, 0) is 31.8 Å². The standard InChI is InChI=1S/C37H33F3N6O5S/c1-24-7-6-8-25(2)33(24)43-36(52-23-51-32(48)20-19-31(47)50-21-26-9-4-3-5-10-26)44-35(49)42-29-15-11-27(12-16-29)34-41-22-46(45-34)30-17-13-28(14-18-30)37(38,39)40/h3-18,22H,19-21,23H2,1-2H3,(H2,42,43,44,49). The number of para-hydroxylation sites is 1. The van der Waals surface area contributed by atoms with Crippen molar-refractivity contribution in [3.05, 3.63) is 126 Å². The average Bonchev–Trinajstić information content (AvgIpc) is 3.62. The molecule has 0 aliphatic carbocycles. The highest BCUT2D eigenvalue weighted by molar-refractivity contribution is 8.13. The second-order valence-electron chi connectivity index (χ2n) is 11.3. The quantitative estimate of drug-likeness (QED) is 0.0602. The fraction of sp³-hybridized carbons (Fsp3) is 0.189. The van der Waals surface area contributed by atoms with Crippen LogP contribution < -0.4 is 10.6 Å². The van der Waals surface area contributed by atoms with E-state index in [1.807, 2.05) is 62.4 Å². The van der Waals surface area contributed by atoms with E-state index in [0.29, 0.717) is 28.5 Å². The Morgan fingerprint density at radius 1 is 0.827 bits per heavy atom. The van der Waals surface area contributed by atoms with Gasteiger partial charge in [-0.1, -0.05) is 48.5 Å². The van der Waals surface area contributed by atoms with Crippen LogP contribution >= 0.6 is 11.8 Å². The van der Waals surface area contributed by atoms with Crippen LogP contribution in [0, 0.1) is 13.8 Å². The van der Waals surface area contributed by atoms with Crippen molar-refractivity contribution in [2.24, 2.45) is 4.99 Å². The number of aryl methyl sites for hydroxylation is 2. The van der Waals surface area contributed by atoms with Crippen LogP contribution in [0.4, 0.5) is 29.3 Å². The van der Waals surface area contributed by atoms with Gasteiger partial charge in [-0.2, -0.15) is 13.2 Å². The zero-order chi connectivity index (χ0) is 37.1. The highest BCUT2D eigenvalue weighted by Gasteiger charge is 2.30. The summed E-state index contributed by atoms with van der Waals surface area (Å²) < 4.78 is 50.6. The third kappa shape index (κ3) is 10.8. The van der Waals surface area contributed by atoms with Crippen molar-refractivity contribution in [1.29, 1.82) is 0 Å². The molecule has 0 spiro atoms. The number of thioether (sulfide) groups is 1. The largest absolute Gasteiger partial charge is 0.461 e. The summed E-state index contributed by atoms with van der Waals surface area (Å²) in [4.78, 5) is 46.4. The minimum atomic E-state index is -4.44. The number of aromatic nitrogens is 3. The predicted molar refractivity (Wildman–Crippen MR) is 191 cm³/mol. The molecule has 11 nitrogen and oxygen atoms in total. The summed E-state index contributed by atoms with van der Waals surface area (Å²) in [7, 11) is 0. The summed E-state index contributed by atoms with van der Waals surface area (Å²) in [5.41, 5.74) is 3.91. The van der Waals surface area contributed by atoms with E-state index in [-0.39, 0.29) is 30.6 Å². The van der Waals surface area contributed by atoms with Gasteiger partial charge in [0.15, 0.2) is 11.0 Å². The Hall–Kier alpha value is -5.96. The highest BCUT2D eigenvalue weighted by atomic mass is 32.2. The number of carbonyl (C=O) groups is 3. The van der Waals surface area contributed by atoms with Crippen molar-refractivity contribution >= 4 is 46.3 Å². The SMILES string of the molecule is Cc1cccc(C)c1N=C(NC(=O)Nc1ccc(-c2ncn(-c3ccc(C(F)(F)F)cc3)n2)cc1)SCOC(=O)CCC(=O)OCc1ccccc1. The average molecular weight is 731 g/mol. The lowest BCUT2D eigenvalue weighted by molar-refractivity contribution is -0.150. The zero-order valence-electron chi connectivity index (χ0n) is 28.0. The van der Waals surface area contributed by atoms with Gasteiger partial charge >= 0.3 is 24.1 Å². The Morgan fingerprint density at radius 2 is 1.48 bits per heavy atom. The van der Waals surface area contributed by atoms with Crippen LogP contribution in [0.3, 0.4) is 0 Å². The molecule has 0 aliphatic heterocycles. The van der Waals surface area contributed by atoms with E-state index in [9.17, 15) is 27.6 Å². The molecule has 0 atom stereocenters. The van der Waals surface area contributed by atoms with Gasteiger partial charge in [0, 0.05) is 11.3 Å². The molecule has 1 heterocycles. The molecule has 5 rings (SSSR count). The number of nitrogens with zero attached hydrogens (tertiary/aromatic N) is 4. The number of esters is 2. The lowest BCUT2D eigenvalue weighted by Crippen LogP contribution is -2.33. The number of aliphatic imine (C=N–C) groups is 1. The maximum atomic E-state index is 13.0. The molecule has 0 bridgehead atoms. The lowest BCUT2D eigenvalue weighted by Gasteiger charge is -2.12. The topological polar surface area (TPSA) is 137 Å². The van der Waals surface area contributed by atoms with Crippen molar-refractivity contribution in [2.45, 2.75) is 39.5 Å². The first-order valence-corrected chi connectivity index (χ1v) is 16.8. The number of amidine groups is 1. The summed E-state index contributed by atoms with van der Waals surface area (Å²) >= 11 is 0.989. The van der Waals surface area contributed by atoms with Crippen molar-refractivity contribution in [2.75, 3.05) is 11.3 Å². The van der Waals surface area contributed by atoms with Crippen LogP contribution in [0.5, 0.6) is 0 Å². The normalized spacial score (nSPS) is 11.5. The number of urea groups is 1. The summed E-state index contributed by atoms with van der Waals surface area (Å²) in [6, 6.07) is 25.4. The van der Waals surface area contributed by atoms with E-state index >= 15 is 0 Å². The highest BCUT2D eigenvalue weighted by Crippen LogP contribution is 2.30. The molecular weight excluding hydrogens is 698 g/mol. The summed E-state index contributed by atoms with van der Waals surface area (Å²) in [5, 5.41) is 9.95. The van der Waals surface area contributed by atoms with Crippen LogP contribution in [0.15, 0.2) is 108 Å². The second-order valence-corrected chi connectivity index (χ2v) is 12.2. The van der Waals surface area contributed by atoms with Crippen LogP contribution in [-0.4, -0.2) is 43.8 Å². The molecular formula is C37H33F3N6O5S. The maximum Gasteiger partial charge on any atom is 0.416 e. The number of hydrogen-bond donors (Lipinski definition) is 2. The molecule has 15 heteroatoms. The summed E-state index contributed by atoms with van der Waals surface area (Å²) in [5.74, 6) is -0.989. The van der Waals surface area contributed by atoms with Crippen molar-refractivity contribution in [1.82, 2.24) is 20.1 Å². The number of alkyl halides is 3. The van der Waals surface area contributed by atoms with Crippen LogP contribution in [0.1, 0.15) is 35.1 Å². The van der Waals surface area contributed by atoms with Gasteiger partial charge in [-0.05, 0) is 90.8 Å². The van der Waals surface area contributed by atoms with Crippen molar-refractivity contribution < 1.29 is 37.0 Å². The fourth-order valence-electron chi connectivity index (χ4n) is 4.70. The van der Waals surface area contributed by atoms with Crippen LogP contribution in [0.2, 0.25) is 0 Å². The number of nitrogens with one attached hydrogen (secondary N) is 2. The van der Waals surface area contributed by atoms with E-state index in [0.717, 1.165) is 40.6 Å². The van der Waals surface area contributed by atoms with Gasteiger partial charge in [0.25, 0.3) is 0 Å². The number of halogens is 3. The van der Waals surface area contributed by atoms with Gasteiger partial charge in [0.1, 0.15) is 18.9 Å². The smallest absolute Gasteiger partial charge is 0.416 e. The van der Waals surface area contributed by atoms with Crippen molar-refractivity contribution in [3.63, 3.8) is 0 Å². The Kier molecular flexibility index (Phi) is 12.4. The van der Waals surface area contributed by atoms with Gasteiger partial charge in [-0.25, -0.2) is 19.5 Å². The molecule has 5 aromatic rings. The number of benzene rings is 4. The molecule has 0 saturated heterocycles. The Labute approximate surface area is 301 Å². The monoisotopic (exact) mass is 730 g/mol. The molecule has 0 aliphatic rings. The number of rotatable bonds is 11. The minimum absolute atomic E-state index is 0.109. The summed E-state index contributed by atoms with van der Waals surface area (Å²) in [6.45, 7) is 3.88. The fourth-order valence-corrected chi connectivity index (χ4v) is 5.33. The van der Waals surface area contributed by atoms with Gasteiger partial charge < -0.3 is 14.8 Å². The molecule has 2 N–H and O–H groups in total. The lowest BCUT2D eigenvalue weighted by atomic mass is 10.1. The number of hydrogen-bond acceptors (Lipinski definition) is 9. The number of anilines is 1. The molecule has 4 aromatic carbocycles. The van der Waals surface area contributed by atoms with E-state index in [2.05, 4.69) is 25.7 Å². The Balaban J connectivity index is 1.16. The summed E-state index contributed by atoms with van der Waals surface area (Å²) in [6.07, 6.45) is -3.36. The molecule has 1 aromatic heterocycles. The van der Waals surface area contributed by atoms with Gasteiger partial charge in [0.05, 0.1) is 29.8 Å². The van der Waals surface area contributed by atoms with Crippen LogP contribution in [0.25, 0.3) is 17.1 Å². The number of ether oxygens (including phenoxy) is 2. The van der Waals surface area contributed by atoms with E-state index in [1.165, 1.54) is 23.1 Å². The van der Waals surface area contributed by atoms with Gasteiger partial charge in [0.2, 0.25) is 0 Å². The van der Waals surface area contributed by atoms with Gasteiger partial charge in [-0.15, -0.1) is 5.10 Å².